The molecule has 0 heterocycles. The van der Waals surface area contributed by atoms with E-state index in [1.54, 1.807) is 24.3 Å². The number of phenols is 2. The van der Waals surface area contributed by atoms with Gasteiger partial charge in [-0.2, -0.15) is 0 Å². The highest BCUT2D eigenvalue weighted by atomic mass is 16.3. The first kappa shape index (κ1) is 16.1. The van der Waals surface area contributed by atoms with Crippen molar-refractivity contribution in [2.75, 3.05) is 0 Å². The summed E-state index contributed by atoms with van der Waals surface area (Å²) < 4.78 is 0. The third-order valence-electron chi connectivity index (χ3n) is 4.39. The van der Waals surface area contributed by atoms with Gasteiger partial charge in [0.2, 0.25) is 0 Å². The molecule has 122 valence electrons. The molecule has 0 aliphatic carbocycles. The Morgan fingerprint density at radius 3 is 1.62 bits per heavy atom. The van der Waals surface area contributed by atoms with Crippen molar-refractivity contribution in [1.82, 2.24) is 0 Å². The fraction of sp³-hybridized carbons (Fsp3) is 0.182. The van der Waals surface area contributed by atoms with Gasteiger partial charge in [-0.05, 0) is 60.2 Å². The molecule has 0 saturated carbocycles. The van der Waals surface area contributed by atoms with Gasteiger partial charge in [-0.3, -0.25) is 0 Å². The van der Waals surface area contributed by atoms with E-state index in [2.05, 4.69) is 24.3 Å². The third-order valence-corrected chi connectivity index (χ3v) is 4.39. The lowest BCUT2D eigenvalue weighted by Crippen LogP contribution is -2.02. The van der Waals surface area contributed by atoms with Crippen LogP contribution >= 0.6 is 0 Å². The number of benzene rings is 3. The molecule has 3 rings (SSSR count). The molecule has 3 aromatic carbocycles. The minimum Gasteiger partial charge on any atom is -0.508 e. The van der Waals surface area contributed by atoms with Crippen LogP contribution in [0, 0.1) is 0 Å². The summed E-state index contributed by atoms with van der Waals surface area (Å²) in [6.45, 7) is 0. The lowest BCUT2D eigenvalue weighted by atomic mass is 9.86. The van der Waals surface area contributed by atoms with E-state index in [4.69, 9.17) is 0 Å². The van der Waals surface area contributed by atoms with Crippen LogP contribution in [0.2, 0.25) is 0 Å². The van der Waals surface area contributed by atoms with Crippen LogP contribution < -0.4 is 0 Å². The van der Waals surface area contributed by atoms with Gasteiger partial charge in [0.05, 0.1) is 0 Å². The van der Waals surface area contributed by atoms with Gasteiger partial charge in [0, 0.05) is 5.92 Å². The molecule has 0 fully saturated rings. The van der Waals surface area contributed by atoms with Crippen LogP contribution in [0.15, 0.2) is 78.9 Å². The van der Waals surface area contributed by atoms with E-state index in [-0.39, 0.29) is 17.4 Å². The minimum absolute atomic E-state index is 0.259. The fourth-order valence-corrected chi connectivity index (χ4v) is 3.09. The van der Waals surface area contributed by atoms with Gasteiger partial charge in [-0.15, -0.1) is 0 Å². The zero-order valence-corrected chi connectivity index (χ0v) is 13.6. The second kappa shape index (κ2) is 7.69. The van der Waals surface area contributed by atoms with E-state index in [1.165, 1.54) is 16.7 Å². The Balaban J connectivity index is 1.76. The zero-order chi connectivity index (χ0) is 16.8. The molecule has 0 bridgehead atoms. The smallest absolute Gasteiger partial charge is 0.115 e. The lowest BCUT2D eigenvalue weighted by Gasteiger charge is -2.18. The molecule has 0 aliphatic heterocycles. The molecule has 3 aromatic rings. The van der Waals surface area contributed by atoms with Crippen molar-refractivity contribution >= 4 is 0 Å². The summed E-state index contributed by atoms with van der Waals surface area (Å²) in [6, 6.07) is 25.4. The summed E-state index contributed by atoms with van der Waals surface area (Å²) in [5.74, 6) is 0.829. The molecular weight excluding hydrogens is 296 g/mol. The highest BCUT2D eigenvalue weighted by molar-refractivity contribution is 5.37. The van der Waals surface area contributed by atoms with Crippen molar-refractivity contribution in [2.24, 2.45) is 0 Å². The number of hydrogen-bond donors (Lipinski definition) is 2. The first-order valence-corrected chi connectivity index (χ1v) is 8.34. The highest BCUT2D eigenvalue weighted by Gasteiger charge is 2.14. The van der Waals surface area contributed by atoms with Gasteiger partial charge in [-0.25, -0.2) is 0 Å². The summed E-state index contributed by atoms with van der Waals surface area (Å²) in [6.07, 6.45) is 3.15. The average Bonchev–Trinajstić information content (AvgIpc) is 2.62. The van der Waals surface area contributed by atoms with Crippen molar-refractivity contribution < 1.29 is 10.2 Å². The number of aryl methyl sites for hydroxylation is 1. The molecule has 2 N–H and O–H groups in total. The van der Waals surface area contributed by atoms with Crippen LogP contribution in [0.1, 0.15) is 35.4 Å². The molecule has 0 radical (unpaired) electrons. The van der Waals surface area contributed by atoms with Crippen LogP contribution in [-0.4, -0.2) is 10.2 Å². The Morgan fingerprint density at radius 1 is 0.625 bits per heavy atom. The lowest BCUT2D eigenvalue weighted by molar-refractivity contribution is 0.475. The quantitative estimate of drug-likeness (QED) is 0.651. The molecular formula is C22H22O2. The Hall–Kier alpha value is -2.74. The summed E-state index contributed by atoms with van der Waals surface area (Å²) in [5.41, 5.74) is 3.73. The van der Waals surface area contributed by atoms with E-state index >= 15 is 0 Å². The molecule has 0 atom stereocenters. The first-order chi connectivity index (χ1) is 11.7. The Labute approximate surface area is 143 Å². The van der Waals surface area contributed by atoms with E-state index in [0.717, 1.165) is 19.3 Å². The number of rotatable bonds is 6. The molecule has 0 saturated heterocycles. The molecule has 24 heavy (non-hydrogen) atoms. The minimum atomic E-state index is 0.259. The molecule has 0 amide bonds. The highest BCUT2D eigenvalue weighted by Crippen LogP contribution is 2.31. The second-order valence-electron chi connectivity index (χ2n) is 6.11. The standard InChI is InChI=1S/C22H22O2/c23-20-13-9-18(10-14-20)22(19-11-15-21(24)16-12-19)8-4-7-17-5-2-1-3-6-17/h1-3,5-6,9-16,22-24H,4,7-8H2. The first-order valence-electron chi connectivity index (χ1n) is 8.34. The van der Waals surface area contributed by atoms with Crippen LogP contribution in [0.5, 0.6) is 11.5 Å². The van der Waals surface area contributed by atoms with Gasteiger partial charge in [-0.1, -0.05) is 54.6 Å². The summed E-state index contributed by atoms with van der Waals surface area (Å²) in [5, 5.41) is 19.1. The van der Waals surface area contributed by atoms with Gasteiger partial charge >= 0.3 is 0 Å². The SMILES string of the molecule is Oc1ccc(C(CCCc2ccccc2)c2ccc(O)cc2)cc1. The molecule has 0 spiro atoms. The maximum atomic E-state index is 9.54. The largest absolute Gasteiger partial charge is 0.508 e. The van der Waals surface area contributed by atoms with E-state index in [0.29, 0.717) is 0 Å². The maximum absolute atomic E-state index is 9.54. The predicted octanol–water partition coefficient (Wildman–Crippen LogP) is 5.25. The molecule has 0 unspecified atom stereocenters. The summed E-state index contributed by atoms with van der Waals surface area (Å²) in [4.78, 5) is 0. The van der Waals surface area contributed by atoms with Crippen LogP contribution in [0.4, 0.5) is 0 Å². The summed E-state index contributed by atoms with van der Waals surface area (Å²) in [7, 11) is 0. The zero-order valence-electron chi connectivity index (χ0n) is 13.6. The number of phenolic OH excluding ortho intramolecular Hbond substituents is 2. The predicted molar refractivity (Wildman–Crippen MR) is 97.4 cm³/mol. The Kier molecular flexibility index (Phi) is 5.17. The van der Waals surface area contributed by atoms with Crippen LogP contribution in [-0.2, 0) is 6.42 Å². The van der Waals surface area contributed by atoms with Gasteiger partial charge in [0.15, 0.2) is 0 Å². The average molecular weight is 318 g/mol. The third kappa shape index (κ3) is 4.17. The van der Waals surface area contributed by atoms with Crippen LogP contribution in [0.25, 0.3) is 0 Å². The topological polar surface area (TPSA) is 40.5 Å². The maximum Gasteiger partial charge on any atom is 0.115 e. The van der Waals surface area contributed by atoms with Crippen molar-refractivity contribution in [2.45, 2.75) is 25.2 Å². The van der Waals surface area contributed by atoms with E-state index < -0.39 is 0 Å². The molecule has 2 heteroatoms. The monoisotopic (exact) mass is 318 g/mol. The number of hydrogen-bond acceptors (Lipinski definition) is 2. The molecule has 2 nitrogen and oxygen atoms in total. The van der Waals surface area contributed by atoms with Gasteiger partial charge in [0.25, 0.3) is 0 Å². The van der Waals surface area contributed by atoms with Crippen LogP contribution in [0.3, 0.4) is 0 Å². The van der Waals surface area contributed by atoms with Crippen molar-refractivity contribution in [3.8, 4) is 11.5 Å². The fourth-order valence-electron chi connectivity index (χ4n) is 3.09. The summed E-state index contributed by atoms with van der Waals surface area (Å²) >= 11 is 0. The van der Waals surface area contributed by atoms with Gasteiger partial charge < -0.3 is 10.2 Å². The van der Waals surface area contributed by atoms with E-state index in [9.17, 15) is 10.2 Å². The van der Waals surface area contributed by atoms with E-state index in [1.807, 2.05) is 30.3 Å². The van der Waals surface area contributed by atoms with Crippen molar-refractivity contribution in [3.63, 3.8) is 0 Å². The normalized spacial score (nSPS) is 10.9. The molecule has 0 aliphatic rings. The van der Waals surface area contributed by atoms with Crippen molar-refractivity contribution in [3.05, 3.63) is 95.6 Å². The Bertz CT molecular complexity index is 701. The second-order valence-corrected chi connectivity index (χ2v) is 6.11. The Morgan fingerprint density at radius 2 is 1.12 bits per heavy atom. The number of aromatic hydroxyl groups is 2. The van der Waals surface area contributed by atoms with Crippen molar-refractivity contribution in [1.29, 1.82) is 0 Å². The van der Waals surface area contributed by atoms with Gasteiger partial charge in [0.1, 0.15) is 11.5 Å². The molecule has 0 aromatic heterocycles.